The lowest BCUT2D eigenvalue weighted by atomic mass is 10.0. The monoisotopic (exact) mass is 325 g/mol. The van der Waals surface area contributed by atoms with E-state index in [4.69, 9.17) is 4.74 Å². The third kappa shape index (κ3) is 3.60. The van der Waals surface area contributed by atoms with E-state index in [1.807, 2.05) is 37.6 Å². The quantitative estimate of drug-likeness (QED) is 0.708. The largest absolute Gasteiger partial charge is 0.491 e. The summed E-state index contributed by atoms with van der Waals surface area (Å²) in [5, 5.41) is 10.3. The Labute approximate surface area is 142 Å². The van der Waals surface area contributed by atoms with Gasteiger partial charge < -0.3 is 9.84 Å². The smallest absolute Gasteiger partial charge is 0.244 e. The molecule has 0 amide bonds. The van der Waals surface area contributed by atoms with E-state index in [9.17, 15) is 5.11 Å². The number of imidazole rings is 1. The maximum Gasteiger partial charge on any atom is 0.244 e. The highest BCUT2D eigenvalue weighted by Crippen LogP contribution is 2.19. The second kappa shape index (κ2) is 7.05. The van der Waals surface area contributed by atoms with Crippen LogP contribution in [0.4, 0.5) is 0 Å². The van der Waals surface area contributed by atoms with E-state index in [0.29, 0.717) is 12.5 Å². The minimum Gasteiger partial charge on any atom is -0.491 e. The molecule has 1 unspecified atom stereocenters. The number of para-hydroxylation sites is 2. The van der Waals surface area contributed by atoms with Gasteiger partial charge in [0, 0.05) is 0 Å². The lowest BCUT2D eigenvalue weighted by Crippen LogP contribution is -2.27. The molecular formula is C20H25N2O2+. The Morgan fingerprint density at radius 1 is 1.08 bits per heavy atom. The number of benzene rings is 2. The summed E-state index contributed by atoms with van der Waals surface area (Å²) >= 11 is 0. The number of aromatic nitrogens is 2. The first kappa shape index (κ1) is 16.5. The highest BCUT2D eigenvalue weighted by molar-refractivity contribution is 5.71. The molecule has 1 heterocycles. The van der Waals surface area contributed by atoms with Crippen LogP contribution in [-0.2, 0) is 13.6 Å². The summed E-state index contributed by atoms with van der Waals surface area (Å²) in [6, 6.07) is 16.3. The molecule has 0 spiro atoms. The minimum atomic E-state index is -0.564. The zero-order valence-corrected chi connectivity index (χ0v) is 14.5. The molecule has 0 bridgehead atoms. The van der Waals surface area contributed by atoms with Crippen molar-refractivity contribution in [2.45, 2.75) is 32.4 Å². The van der Waals surface area contributed by atoms with Gasteiger partial charge in [-0.25, -0.2) is 9.13 Å². The summed E-state index contributed by atoms with van der Waals surface area (Å²) in [6.45, 7) is 5.12. The number of nitrogens with zero attached hydrogens (tertiary/aromatic N) is 2. The highest BCUT2D eigenvalue weighted by Gasteiger charge is 2.16. The van der Waals surface area contributed by atoms with Crippen LogP contribution in [0.2, 0.25) is 0 Å². The van der Waals surface area contributed by atoms with Crippen LogP contribution in [0.25, 0.3) is 11.0 Å². The molecule has 4 nitrogen and oxygen atoms in total. The fourth-order valence-electron chi connectivity index (χ4n) is 2.91. The lowest BCUT2D eigenvalue weighted by molar-refractivity contribution is -0.645. The molecule has 0 radical (unpaired) electrons. The van der Waals surface area contributed by atoms with Crippen LogP contribution in [0.1, 0.15) is 25.3 Å². The van der Waals surface area contributed by atoms with E-state index in [2.05, 4.69) is 47.2 Å². The van der Waals surface area contributed by atoms with Gasteiger partial charge in [-0.2, -0.15) is 0 Å². The number of aliphatic hydroxyl groups is 1. The first-order chi connectivity index (χ1) is 11.5. The Kier molecular flexibility index (Phi) is 4.86. The number of hydrogen-bond donors (Lipinski definition) is 1. The molecule has 126 valence electrons. The van der Waals surface area contributed by atoms with Crippen molar-refractivity contribution in [2.75, 3.05) is 6.61 Å². The molecule has 3 rings (SSSR count). The fraction of sp³-hybridized carbons (Fsp3) is 0.350. The maximum absolute atomic E-state index is 10.3. The molecule has 0 fully saturated rings. The van der Waals surface area contributed by atoms with E-state index >= 15 is 0 Å². The summed E-state index contributed by atoms with van der Waals surface area (Å²) in [5.41, 5.74) is 3.55. The SMILES string of the molecule is CC(C)c1ccc(OCC(O)Cn2c[n+](C)c3ccccc32)cc1. The molecule has 0 aliphatic rings. The minimum absolute atomic E-state index is 0.275. The number of hydrogen-bond acceptors (Lipinski definition) is 2. The van der Waals surface area contributed by atoms with Crippen LogP contribution in [0, 0.1) is 0 Å². The average molecular weight is 325 g/mol. The van der Waals surface area contributed by atoms with Crippen molar-refractivity contribution >= 4 is 11.0 Å². The lowest BCUT2D eigenvalue weighted by Gasteiger charge is -2.12. The fourth-order valence-corrected chi connectivity index (χ4v) is 2.91. The molecule has 2 aromatic carbocycles. The van der Waals surface area contributed by atoms with Crippen molar-refractivity contribution in [2.24, 2.45) is 7.05 Å². The van der Waals surface area contributed by atoms with Crippen LogP contribution in [0.15, 0.2) is 54.9 Å². The summed E-state index contributed by atoms with van der Waals surface area (Å²) in [5.74, 6) is 1.30. The van der Waals surface area contributed by atoms with Crippen LogP contribution >= 0.6 is 0 Å². The van der Waals surface area contributed by atoms with Gasteiger partial charge in [0.05, 0.1) is 7.05 Å². The molecule has 1 N–H and O–H groups in total. The molecule has 1 aromatic heterocycles. The molecule has 0 saturated carbocycles. The first-order valence-electron chi connectivity index (χ1n) is 8.39. The van der Waals surface area contributed by atoms with E-state index in [-0.39, 0.29) is 6.61 Å². The van der Waals surface area contributed by atoms with Crippen molar-refractivity contribution in [1.82, 2.24) is 4.57 Å². The van der Waals surface area contributed by atoms with Crippen molar-refractivity contribution in [3.05, 3.63) is 60.4 Å². The highest BCUT2D eigenvalue weighted by atomic mass is 16.5. The summed E-state index contributed by atoms with van der Waals surface area (Å²) in [4.78, 5) is 0. The van der Waals surface area contributed by atoms with Crippen LogP contribution in [0.5, 0.6) is 5.75 Å². The topological polar surface area (TPSA) is 38.3 Å². The maximum atomic E-state index is 10.3. The number of aryl methyl sites for hydroxylation is 1. The molecule has 0 saturated heterocycles. The van der Waals surface area contributed by atoms with Crippen molar-refractivity contribution in [1.29, 1.82) is 0 Å². The van der Waals surface area contributed by atoms with E-state index in [0.717, 1.165) is 16.8 Å². The number of rotatable bonds is 6. The first-order valence-corrected chi connectivity index (χ1v) is 8.39. The standard InChI is InChI=1S/C20H25N2O2/c1-15(2)16-8-10-18(11-9-16)24-13-17(23)12-22-14-21(3)19-6-4-5-7-20(19)22/h4-11,14-15,17,23H,12-13H2,1-3H3/q+1. The number of aliphatic hydroxyl groups excluding tert-OH is 1. The normalized spacial score (nSPS) is 12.7. The molecular weight excluding hydrogens is 300 g/mol. The molecule has 4 heteroatoms. The third-order valence-corrected chi connectivity index (χ3v) is 4.28. The zero-order valence-electron chi connectivity index (χ0n) is 14.5. The average Bonchev–Trinajstić information content (AvgIpc) is 2.90. The van der Waals surface area contributed by atoms with E-state index < -0.39 is 6.10 Å². The van der Waals surface area contributed by atoms with Gasteiger partial charge in [0.25, 0.3) is 0 Å². The van der Waals surface area contributed by atoms with Gasteiger partial charge in [-0.15, -0.1) is 0 Å². The van der Waals surface area contributed by atoms with Crippen molar-refractivity contribution < 1.29 is 14.4 Å². The van der Waals surface area contributed by atoms with Gasteiger partial charge in [-0.3, -0.25) is 0 Å². The third-order valence-electron chi connectivity index (χ3n) is 4.28. The van der Waals surface area contributed by atoms with Crippen molar-refractivity contribution in [3.8, 4) is 5.75 Å². The number of ether oxygens (including phenoxy) is 1. The van der Waals surface area contributed by atoms with Crippen LogP contribution < -0.4 is 9.30 Å². The van der Waals surface area contributed by atoms with Gasteiger partial charge in [0.1, 0.15) is 25.0 Å². The predicted octanol–water partition coefficient (Wildman–Crippen LogP) is 3.03. The molecule has 24 heavy (non-hydrogen) atoms. The molecule has 1 atom stereocenters. The van der Waals surface area contributed by atoms with Crippen molar-refractivity contribution in [3.63, 3.8) is 0 Å². The van der Waals surface area contributed by atoms with Gasteiger partial charge in [0.15, 0.2) is 11.0 Å². The Morgan fingerprint density at radius 2 is 1.79 bits per heavy atom. The van der Waals surface area contributed by atoms with E-state index in [1.165, 1.54) is 5.56 Å². The Bertz CT molecular complexity index is 806. The molecule has 0 aliphatic carbocycles. The molecule has 3 aromatic rings. The van der Waals surface area contributed by atoms with Crippen LogP contribution in [0.3, 0.4) is 0 Å². The number of fused-ring (bicyclic) bond motifs is 1. The van der Waals surface area contributed by atoms with Gasteiger partial charge in [-0.1, -0.05) is 38.1 Å². The van der Waals surface area contributed by atoms with Gasteiger partial charge in [0.2, 0.25) is 6.33 Å². The second-order valence-corrected chi connectivity index (χ2v) is 6.56. The summed E-state index contributed by atoms with van der Waals surface area (Å²) in [7, 11) is 2.01. The Balaban J connectivity index is 1.62. The van der Waals surface area contributed by atoms with Gasteiger partial charge >= 0.3 is 0 Å². The summed E-state index contributed by atoms with van der Waals surface area (Å²) < 4.78 is 9.85. The Hall–Kier alpha value is -2.33. The summed E-state index contributed by atoms with van der Waals surface area (Å²) in [6.07, 6.45) is 1.44. The van der Waals surface area contributed by atoms with E-state index in [1.54, 1.807) is 0 Å². The predicted molar refractivity (Wildman–Crippen MR) is 95.1 cm³/mol. The molecule has 0 aliphatic heterocycles. The Morgan fingerprint density at radius 3 is 2.50 bits per heavy atom. The van der Waals surface area contributed by atoms with Crippen LogP contribution in [-0.4, -0.2) is 22.4 Å². The van der Waals surface area contributed by atoms with Gasteiger partial charge in [-0.05, 0) is 35.7 Å². The second-order valence-electron chi connectivity index (χ2n) is 6.56. The zero-order chi connectivity index (χ0) is 17.1.